The topological polar surface area (TPSA) is 54.6 Å². The van der Waals surface area contributed by atoms with E-state index in [1.54, 1.807) is 25.3 Å². The zero-order chi connectivity index (χ0) is 13.0. The van der Waals surface area contributed by atoms with Gasteiger partial charge in [0.2, 0.25) is 0 Å². The van der Waals surface area contributed by atoms with Crippen molar-refractivity contribution < 1.29 is 9.21 Å². The van der Waals surface area contributed by atoms with Crippen molar-refractivity contribution in [2.24, 2.45) is 5.10 Å². The first-order chi connectivity index (χ1) is 8.65. The number of nitrogens with one attached hydrogen (secondary N) is 1. The van der Waals surface area contributed by atoms with Gasteiger partial charge in [-0.05, 0) is 59.3 Å². The lowest BCUT2D eigenvalue weighted by Gasteiger charge is -1.96. The highest BCUT2D eigenvalue weighted by Gasteiger charge is 2.07. The first kappa shape index (κ1) is 12.8. The van der Waals surface area contributed by atoms with Crippen LogP contribution >= 0.6 is 22.6 Å². The predicted molar refractivity (Wildman–Crippen MR) is 77.7 cm³/mol. The van der Waals surface area contributed by atoms with Gasteiger partial charge in [0.25, 0.3) is 0 Å². The number of benzene rings is 1. The van der Waals surface area contributed by atoms with Crippen molar-refractivity contribution in [2.75, 3.05) is 0 Å². The standard InChI is InChI=1S/C13H11IN2O2/c1-9-5-6-12(18-9)13(17)16-15-8-10-3-2-4-11(14)7-10/h2-8H,1H3,(H,16,17). The number of aryl methyl sites for hydroxylation is 1. The van der Waals surface area contributed by atoms with Crippen molar-refractivity contribution in [1.29, 1.82) is 0 Å². The molecule has 1 aromatic carbocycles. The lowest BCUT2D eigenvalue weighted by atomic mass is 10.2. The molecule has 0 unspecified atom stereocenters. The molecule has 1 N–H and O–H groups in total. The van der Waals surface area contributed by atoms with Gasteiger partial charge in [-0.2, -0.15) is 5.10 Å². The maximum Gasteiger partial charge on any atom is 0.307 e. The van der Waals surface area contributed by atoms with Crippen molar-refractivity contribution in [3.8, 4) is 0 Å². The Morgan fingerprint density at radius 2 is 2.22 bits per heavy atom. The van der Waals surface area contributed by atoms with Crippen LogP contribution in [-0.2, 0) is 0 Å². The number of furan rings is 1. The van der Waals surface area contributed by atoms with Crippen LogP contribution in [0.1, 0.15) is 21.9 Å². The fraction of sp³-hybridized carbons (Fsp3) is 0.0769. The summed E-state index contributed by atoms with van der Waals surface area (Å²) in [6.07, 6.45) is 1.59. The smallest absolute Gasteiger partial charge is 0.307 e. The molecule has 18 heavy (non-hydrogen) atoms. The summed E-state index contributed by atoms with van der Waals surface area (Å²) in [4.78, 5) is 11.6. The summed E-state index contributed by atoms with van der Waals surface area (Å²) < 4.78 is 6.30. The van der Waals surface area contributed by atoms with Gasteiger partial charge in [0.1, 0.15) is 5.76 Å². The maximum absolute atomic E-state index is 11.6. The Labute approximate surface area is 118 Å². The molecule has 0 spiro atoms. The molecular weight excluding hydrogens is 343 g/mol. The van der Waals surface area contributed by atoms with E-state index in [0.717, 1.165) is 9.13 Å². The number of amides is 1. The Bertz CT molecular complexity index is 590. The van der Waals surface area contributed by atoms with Crippen LogP contribution in [0.4, 0.5) is 0 Å². The zero-order valence-corrected chi connectivity index (χ0v) is 11.8. The SMILES string of the molecule is Cc1ccc(C(=O)NN=Cc2cccc(I)c2)o1. The number of hydrogen-bond acceptors (Lipinski definition) is 3. The summed E-state index contributed by atoms with van der Waals surface area (Å²) in [6, 6.07) is 11.1. The van der Waals surface area contributed by atoms with E-state index in [9.17, 15) is 4.79 Å². The lowest BCUT2D eigenvalue weighted by molar-refractivity contribution is 0.0926. The Hall–Kier alpha value is -1.63. The third-order valence-corrected chi connectivity index (χ3v) is 2.86. The van der Waals surface area contributed by atoms with E-state index >= 15 is 0 Å². The second kappa shape index (κ2) is 5.81. The molecule has 1 amide bonds. The molecule has 92 valence electrons. The monoisotopic (exact) mass is 354 g/mol. The van der Waals surface area contributed by atoms with Gasteiger partial charge in [-0.15, -0.1) is 0 Å². The highest BCUT2D eigenvalue weighted by Crippen LogP contribution is 2.06. The van der Waals surface area contributed by atoms with Crippen LogP contribution in [0.3, 0.4) is 0 Å². The van der Waals surface area contributed by atoms with Crippen LogP contribution in [0.5, 0.6) is 0 Å². The molecule has 0 saturated carbocycles. The van der Waals surface area contributed by atoms with E-state index < -0.39 is 0 Å². The summed E-state index contributed by atoms with van der Waals surface area (Å²) >= 11 is 2.22. The normalized spacial score (nSPS) is 10.8. The van der Waals surface area contributed by atoms with E-state index in [2.05, 4.69) is 33.1 Å². The number of carbonyl (C=O) groups is 1. The number of carbonyl (C=O) groups excluding carboxylic acids is 1. The molecule has 1 heterocycles. The fourth-order valence-electron chi connectivity index (χ4n) is 1.36. The van der Waals surface area contributed by atoms with Crippen LogP contribution in [0.2, 0.25) is 0 Å². The highest BCUT2D eigenvalue weighted by molar-refractivity contribution is 14.1. The van der Waals surface area contributed by atoms with Gasteiger partial charge >= 0.3 is 5.91 Å². The minimum atomic E-state index is -0.357. The summed E-state index contributed by atoms with van der Waals surface area (Å²) in [6.45, 7) is 1.78. The van der Waals surface area contributed by atoms with Gasteiger partial charge in [-0.1, -0.05) is 12.1 Å². The molecule has 5 heteroatoms. The van der Waals surface area contributed by atoms with E-state index in [-0.39, 0.29) is 11.7 Å². The van der Waals surface area contributed by atoms with E-state index in [4.69, 9.17) is 4.42 Å². The van der Waals surface area contributed by atoms with Crippen LogP contribution in [0.25, 0.3) is 0 Å². The summed E-state index contributed by atoms with van der Waals surface area (Å²) in [7, 11) is 0. The summed E-state index contributed by atoms with van der Waals surface area (Å²) in [5, 5.41) is 3.88. The summed E-state index contributed by atoms with van der Waals surface area (Å²) in [5.41, 5.74) is 3.34. The van der Waals surface area contributed by atoms with Crippen molar-refractivity contribution in [3.63, 3.8) is 0 Å². The van der Waals surface area contributed by atoms with Crippen molar-refractivity contribution >= 4 is 34.7 Å². The van der Waals surface area contributed by atoms with Crippen LogP contribution in [-0.4, -0.2) is 12.1 Å². The molecule has 4 nitrogen and oxygen atoms in total. The van der Waals surface area contributed by atoms with Gasteiger partial charge in [0, 0.05) is 3.57 Å². The second-order valence-corrected chi connectivity index (χ2v) is 4.91. The van der Waals surface area contributed by atoms with Crippen molar-refractivity contribution in [3.05, 3.63) is 57.1 Å². The largest absolute Gasteiger partial charge is 0.456 e. The molecule has 1 aromatic heterocycles. The van der Waals surface area contributed by atoms with Crippen LogP contribution in [0, 0.1) is 10.5 Å². The van der Waals surface area contributed by atoms with E-state index in [0.29, 0.717) is 5.76 Å². The minimum Gasteiger partial charge on any atom is -0.456 e. The molecule has 0 radical (unpaired) electrons. The van der Waals surface area contributed by atoms with Gasteiger partial charge in [0.05, 0.1) is 6.21 Å². The van der Waals surface area contributed by atoms with Gasteiger partial charge in [-0.3, -0.25) is 4.79 Å². The van der Waals surface area contributed by atoms with Gasteiger partial charge in [0.15, 0.2) is 5.76 Å². The average molecular weight is 354 g/mol. The maximum atomic E-state index is 11.6. The molecule has 0 bridgehead atoms. The fourth-order valence-corrected chi connectivity index (χ4v) is 1.93. The average Bonchev–Trinajstić information content (AvgIpc) is 2.76. The Morgan fingerprint density at radius 1 is 1.39 bits per heavy atom. The summed E-state index contributed by atoms with van der Waals surface area (Å²) in [5.74, 6) is 0.596. The Kier molecular flexibility index (Phi) is 4.14. The Morgan fingerprint density at radius 3 is 2.89 bits per heavy atom. The number of hydrogen-bond donors (Lipinski definition) is 1. The van der Waals surface area contributed by atoms with E-state index in [1.807, 2.05) is 24.3 Å². The number of halogens is 1. The third kappa shape index (κ3) is 3.43. The van der Waals surface area contributed by atoms with Crippen LogP contribution in [0.15, 0.2) is 45.9 Å². The Balaban J connectivity index is 1.97. The molecule has 0 aliphatic carbocycles. The zero-order valence-electron chi connectivity index (χ0n) is 9.68. The third-order valence-electron chi connectivity index (χ3n) is 2.19. The molecule has 0 saturated heterocycles. The molecule has 2 rings (SSSR count). The molecular formula is C13H11IN2O2. The number of rotatable bonds is 3. The quantitative estimate of drug-likeness (QED) is 0.524. The second-order valence-electron chi connectivity index (χ2n) is 3.66. The van der Waals surface area contributed by atoms with Crippen molar-refractivity contribution in [1.82, 2.24) is 5.43 Å². The predicted octanol–water partition coefficient (Wildman–Crippen LogP) is 2.96. The van der Waals surface area contributed by atoms with Crippen molar-refractivity contribution in [2.45, 2.75) is 6.92 Å². The molecule has 0 atom stereocenters. The first-order valence-corrected chi connectivity index (χ1v) is 6.38. The molecule has 0 aliphatic rings. The van der Waals surface area contributed by atoms with Gasteiger partial charge < -0.3 is 4.42 Å². The molecule has 0 aliphatic heterocycles. The molecule has 2 aromatic rings. The number of nitrogens with zero attached hydrogens (tertiary/aromatic N) is 1. The molecule has 0 fully saturated rings. The van der Waals surface area contributed by atoms with Crippen LogP contribution < -0.4 is 5.43 Å². The first-order valence-electron chi connectivity index (χ1n) is 5.30. The lowest BCUT2D eigenvalue weighted by Crippen LogP contribution is -2.16. The number of hydrazone groups is 1. The highest BCUT2D eigenvalue weighted by atomic mass is 127. The van der Waals surface area contributed by atoms with Gasteiger partial charge in [-0.25, -0.2) is 5.43 Å². The van der Waals surface area contributed by atoms with E-state index in [1.165, 1.54) is 0 Å². The minimum absolute atomic E-state index is 0.257.